The fraction of sp³-hybridized carbons (Fsp3) is 0.632. The Balaban J connectivity index is 2.04. The number of rotatable bonds is 3. The van der Waals surface area contributed by atoms with Crippen molar-refractivity contribution >= 4 is 34.1 Å². The van der Waals surface area contributed by atoms with Gasteiger partial charge in [0.15, 0.2) is 0 Å². The minimum Gasteiger partial charge on any atom is -0.465 e. The largest absolute Gasteiger partial charge is 0.465 e. The van der Waals surface area contributed by atoms with Crippen molar-refractivity contribution in [3.8, 4) is 0 Å². The van der Waals surface area contributed by atoms with Gasteiger partial charge >= 0.3 is 5.97 Å². The molecule has 0 bridgehead atoms. The van der Waals surface area contributed by atoms with Gasteiger partial charge in [-0.1, -0.05) is 20.8 Å². The van der Waals surface area contributed by atoms with Crippen molar-refractivity contribution in [2.24, 2.45) is 11.3 Å². The Bertz CT molecular complexity index is 710. The summed E-state index contributed by atoms with van der Waals surface area (Å²) in [5, 5.41) is 3.45. The molecule has 1 saturated heterocycles. The lowest BCUT2D eigenvalue weighted by molar-refractivity contribution is -0.142. The molecule has 2 heterocycles. The van der Waals surface area contributed by atoms with Crippen molar-refractivity contribution in [2.45, 2.75) is 47.5 Å². The average molecular weight is 381 g/mol. The highest BCUT2D eigenvalue weighted by molar-refractivity contribution is 7.16. The van der Waals surface area contributed by atoms with Crippen molar-refractivity contribution in [1.29, 1.82) is 0 Å². The second-order valence-corrected chi connectivity index (χ2v) is 9.01. The van der Waals surface area contributed by atoms with E-state index in [0.717, 1.165) is 10.4 Å². The molecule has 2 amide bonds. The number of amides is 2. The number of hydrogen-bond acceptors (Lipinski definition) is 5. The van der Waals surface area contributed by atoms with Gasteiger partial charge in [0.25, 0.3) is 0 Å². The fourth-order valence-electron chi connectivity index (χ4n) is 3.10. The van der Waals surface area contributed by atoms with Crippen LogP contribution in [0, 0.1) is 25.2 Å². The molecule has 26 heavy (non-hydrogen) atoms. The molecule has 1 fully saturated rings. The first-order valence-corrected chi connectivity index (χ1v) is 9.66. The Kier molecular flexibility index (Phi) is 6.11. The molecular weight excluding hydrogens is 352 g/mol. The molecule has 6 nitrogen and oxygen atoms in total. The topological polar surface area (TPSA) is 75.7 Å². The maximum atomic E-state index is 12.7. The van der Waals surface area contributed by atoms with Crippen LogP contribution in [-0.4, -0.2) is 42.9 Å². The molecule has 144 valence electrons. The molecule has 0 aliphatic carbocycles. The minimum atomic E-state index is -0.437. The predicted octanol–water partition coefficient (Wildman–Crippen LogP) is 3.37. The van der Waals surface area contributed by atoms with Crippen LogP contribution in [0.1, 0.15) is 54.4 Å². The molecule has 0 radical (unpaired) electrons. The summed E-state index contributed by atoms with van der Waals surface area (Å²) in [6.07, 6.45) is 1.26. The first-order chi connectivity index (χ1) is 12.1. The number of anilines is 1. The number of esters is 1. The number of nitrogens with zero attached hydrogens (tertiary/aromatic N) is 1. The summed E-state index contributed by atoms with van der Waals surface area (Å²) in [5.41, 5.74) is 0.864. The van der Waals surface area contributed by atoms with Gasteiger partial charge in [0.1, 0.15) is 5.00 Å². The Morgan fingerprint density at radius 1 is 1.15 bits per heavy atom. The van der Waals surface area contributed by atoms with Gasteiger partial charge in [0.05, 0.1) is 12.7 Å². The zero-order valence-corrected chi connectivity index (χ0v) is 17.2. The summed E-state index contributed by atoms with van der Waals surface area (Å²) in [4.78, 5) is 39.9. The summed E-state index contributed by atoms with van der Waals surface area (Å²) in [7, 11) is 1.34. The van der Waals surface area contributed by atoms with Crippen molar-refractivity contribution in [1.82, 2.24) is 4.90 Å². The van der Waals surface area contributed by atoms with Gasteiger partial charge in [-0.05, 0) is 32.3 Å². The number of methoxy groups -OCH3 is 1. The van der Waals surface area contributed by atoms with Gasteiger partial charge in [-0.2, -0.15) is 0 Å². The molecule has 1 aromatic heterocycles. The predicted molar refractivity (Wildman–Crippen MR) is 103 cm³/mol. The zero-order chi connectivity index (χ0) is 19.6. The van der Waals surface area contributed by atoms with E-state index in [0.29, 0.717) is 36.5 Å². The van der Waals surface area contributed by atoms with Gasteiger partial charge in [-0.3, -0.25) is 9.59 Å². The molecule has 0 unspecified atom stereocenters. The van der Waals surface area contributed by atoms with Gasteiger partial charge in [-0.25, -0.2) is 4.79 Å². The first-order valence-electron chi connectivity index (χ1n) is 8.84. The van der Waals surface area contributed by atoms with Crippen molar-refractivity contribution in [2.75, 3.05) is 25.5 Å². The second-order valence-electron chi connectivity index (χ2n) is 7.78. The monoisotopic (exact) mass is 380 g/mol. The van der Waals surface area contributed by atoms with Crippen LogP contribution >= 0.6 is 11.3 Å². The van der Waals surface area contributed by atoms with Gasteiger partial charge in [0.2, 0.25) is 11.8 Å². The van der Waals surface area contributed by atoms with E-state index in [1.54, 1.807) is 0 Å². The van der Waals surface area contributed by atoms with Gasteiger partial charge in [0, 0.05) is 29.3 Å². The smallest absolute Gasteiger partial charge is 0.341 e. The third-order valence-electron chi connectivity index (χ3n) is 4.81. The summed E-state index contributed by atoms with van der Waals surface area (Å²) < 4.78 is 4.84. The van der Waals surface area contributed by atoms with E-state index >= 15 is 0 Å². The van der Waals surface area contributed by atoms with E-state index in [9.17, 15) is 14.4 Å². The molecule has 0 atom stereocenters. The second kappa shape index (κ2) is 7.78. The maximum absolute atomic E-state index is 12.7. The first kappa shape index (κ1) is 20.4. The van der Waals surface area contributed by atoms with E-state index < -0.39 is 11.4 Å². The fourth-order valence-corrected chi connectivity index (χ4v) is 4.15. The number of carbonyl (C=O) groups excluding carboxylic acids is 3. The number of thiophene rings is 1. The number of hydrogen-bond donors (Lipinski definition) is 1. The third-order valence-corrected chi connectivity index (χ3v) is 5.93. The number of nitrogens with one attached hydrogen (secondary N) is 1. The van der Waals surface area contributed by atoms with E-state index in [-0.39, 0.29) is 17.7 Å². The van der Waals surface area contributed by atoms with E-state index in [4.69, 9.17) is 4.74 Å². The van der Waals surface area contributed by atoms with E-state index in [2.05, 4.69) is 5.32 Å². The van der Waals surface area contributed by atoms with Crippen LogP contribution in [-0.2, 0) is 14.3 Å². The summed E-state index contributed by atoms with van der Waals surface area (Å²) >= 11 is 1.39. The molecule has 0 spiro atoms. The normalized spacial score (nSPS) is 15.7. The Hall–Kier alpha value is -1.89. The maximum Gasteiger partial charge on any atom is 0.341 e. The highest BCUT2D eigenvalue weighted by atomic mass is 32.1. The van der Waals surface area contributed by atoms with Crippen LogP contribution in [0.25, 0.3) is 0 Å². The van der Waals surface area contributed by atoms with E-state index in [1.165, 1.54) is 18.4 Å². The number of likely N-dealkylation sites (tertiary alicyclic amines) is 1. The minimum absolute atomic E-state index is 0.0979. The lowest BCUT2D eigenvalue weighted by Gasteiger charge is -2.35. The van der Waals surface area contributed by atoms with Crippen LogP contribution in [0.5, 0.6) is 0 Å². The van der Waals surface area contributed by atoms with Crippen molar-refractivity contribution < 1.29 is 19.1 Å². The SMILES string of the molecule is COC(=O)c1c(NC(=O)C2CCN(C(=O)C(C)(C)C)CC2)sc(C)c1C. The molecule has 1 aliphatic heterocycles. The molecule has 2 rings (SSSR count). The Morgan fingerprint density at radius 2 is 1.73 bits per heavy atom. The highest BCUT2D eigenvalue weighted by Gasteiger charge is 2.33. The number of ether oxygens (including phenoxy) is 1. The third kappa shape index (κ3) is 4.26. The number of carbonyl (C=O) groups is 3. The number of piperidine rings is 1. The molecular formula is C19H28N2O4S. The standard InChI is InChI=1S/C19H28N2O4S/c1-11-12(2)26-16(14(11)17(23)25-6)20-15(22)13-7-9-21(10-8-13)18(24)19(3,4)5/h13H,7-10H2,1-6H3,(H,20,22). The van der Waals surface area contributed by atoms with Crippen molar-refractivity contribution in [3.05, 3.63) is 16.0 Å². The van der Waals surface area contributed by atoms with Gasteiger partial charge in [-0.15, -0.1) is 11.3 Å². The number of aryl methyl sites for hydroxylation is 1. The van der Waals surface area contributed by atoms with Crippen LogP contribution in [0.15, 0.2) is 0 Å². The van der Waals surface area contributed by atoms with E-state index in [1.807, 2.05) is 39.5 Å². The van der Waals surface area contributed by atoms with Crippen LogP contribution in [0.3, 0.4) is 0 Å². The van der Waals surface area contributed by atoms with Crippen LogP contribution in [0.4, 0.5) is 5.00 Å². The Morgan fingerprint density at radius 3 is 2.23 bits per heavy atom. The van der Waals surface area contributed by atoms with Crippen LogP contribution in [0.2, 0.25) is 0 Å². The molecule has 1 aliphatic rings. The lowest BCUT2D eigenvalue weighted by atomic mass is 9.90. The summed E-state index contributed by atoms with van der Waals surface area (Å²) in [5.74, 6) is -0.576. The molecule has 1 aromatic rings. The molecule has 0 aromatic carbocycles. The highest BCUT2D eigenvalue weighted by Crippen LogP contribution is 2.34. The van der Waals surface area contributed by atoms with Gasteiger partial charge < -0.3 is 15.0 Å². The van der Waals surface area contributed by atoms with Crippen molar-refractivity contribution in [3.63, 3.8) is 0 Å². The lowest BCUT2D eigenvalue weighted by Crippen LogP contribution is -2.45. The Labute approximate surface area is 158 Å². The van der Waals surface area contributed by atoms with Crippen LogP contribution < -0.4 is 5.32 Å². The zero-order valence-electron chi connectivity index (χ0n) is 16.4. The molecule has 1 N–H and O–H groups in total. The quantitative estimate of drug-likeness (QED) is 0.816. The average Bonchev–Trinajstić information content (AvgIpc) is 2.86. The molecule has 0 saturated carbocycles. The summed E-state index contributed by atoms with van der Waals surface area (Å²) in [6, 6.07) is 0. The molecule has 7 heteroatoms. The summed E-state index contributed by atoms with van der Waals surface area (Å²) in [6.45, 7) is 10.7.